The van der Waals surface area contributed by atoms with Gasteiger partial charge in [0.05, 0.1) is 4.90 Å². The van der Waals surface area contributed by atoms with Crippen molar-refractivity contribution in [1.29, 1.82) is 0 Å². The molecule has 19 heavy (non-hydrogen) atoms. The van der Waals surface area contributed by atoms with Crippen molar-refractivity contribution in [2.75, 3.05) is 6.54 Å². The lowest BCUT2D eigenvalue weighted by atomic mass is 9.76. The van der Waals surface area contributed by atoms with Crippen LogP contribution in [-0.4, -0.2) is 15.0 Å². The average molecular weight is 302 g/mol. The molecular formula is C13H22N2O2S2. The molecule has 1 aliphatic carbocycles. The van der Waals surface area contributed by atoms with E-state index in [4.69, 9.17) is 5.73 Å². The minimum Gasteiger partial charge on any atom is -0.326 e. The summed E-state index contributed by atoms with van der Waals surface area (Å²) in [5.74, 6) is 0. The summed E-state index contributed by atoms with van der Waals surface area (Å²) in [6.45, 7) is 3.09. The molecule has 1 aliphatic rings. The molecule has 0 bridgehead atoms. The summed E-state index contributed by atoms with van der Waals surface area (Å²) in [7, 11) is -3.38. The number of thiophene rings is 1. The average Bonchev–Trinajstić information content (AvgIpc) is 2.87. The summed E-state index contributed by atoms with van der Waals surface area (Å²) in [5, 5.41) is 1.66. The Morgan fingerprint density at radius 2 is 2.05 bits per heavy atom. The highest BCUT2D eigenvalue weighted by molar-refractivity contribution is 7.89. The molecule has 1 saturated carbocycles. The van der Waals surface area contributed by atoms with Crippen LogP contribution in [0.3, 0.4) is 0 Å². The molecular weight excluding hydrogens is 280 g/mol. The van der Waals surface area contributed by atoms with E-state index < -0.39 is 10.0 Å². The fourth-order valence-corrected chi connectivity index (χ4v) is 4.90. The van der Waals surface area contributed by atoms with Gasteiger partial charge >= 0.3 is 0 Å². The van der Waals surface area contributed by atoms with Gasteiger partial charge in [0.25, 0.3) is 0 Å². The predicted octanol–water partition coefficient (Wildman–Crippen LogP) is 2.46. The van der Waals surface area contributed by atoms with Gasteiger partial charge in [-0.2, -0.15) is 0 Å². The van der Waals surface area contributed by atoms with Crippen LogP contribution >= 0.6 is 11.3 Å². The zero-order valence-corrected chi connectivity index (χ0v) is 12.9. The quantitative estimate of drug-likeness (QED) is 0.877. The Balaban J connectivity index is 2.01. The first-order valence-corrected chi connectivity index (χ1v) is 9.09. The molecule has 0 amide bonds. The lowest BCUT2D eigenvalue weighted by Gasteiger charge is -2.33. The third kappa shape index (κ3) is 3.78. The number of rotatable bonds is 5. The normalized spacial score (nSPS) is 19.5. The minimum atomic E-state index is -3.38. The summed E-state index contributed by atoms with van der Waals surface area (Å²) < 4.78 is 27.2. The van der Waals surface area contributed by atoms with Gasteiger partial charge in [0.15, 0.2) is 0 Å². The van der Waals surface area contributed by atoms with E-state index in [1.165, 1.54) is 30.6 Å². The van der Waals surface area contributed by atoms with Crippen LogP contribution in [0.15, 0.2) is 16.3 Å². The van der Waals surface area contributed by atoms with Gasteiger partial charge in [-0.25, -0.2) is 13.1 Å². The highest BCUT2D eigenvalue weighted by Crippen LogP contribution is 2.35. The maximum absolute atomic E-state index is 12.2. The maximum atomic E-state index is 12.2. The lowest BCUT2D eigenvalue weighted by molar-refractivity contribution is 0.219. The van der Waals surface area contributed by atoms with Crippen LogP contribution in [0.5, 0.6) is 0 Å². The van der Waals surface area contributed by atoms with Crippen molar-refractivity contribution in [3.63, 3.8) is 0 Å². The topological polar surface area (TPSA) is 72.2 Å². The van der Waals surface area contributed by atoms with Gasteiger partial charge < -0.3 is 5.73 Å². The van der Waals surface area contributed by atoms with Gasteiger partial charge in [0, 0.05) is 23.3 Å². The Morgan fingerprint density at radius 3 is 2.63 bits per heavy atom. The van der Waals surface area contributed by atoms with Crippen LogP contribution in [0.2, 0.25) is 0 Å². The number of hydrogen-bond acceptors (Lipinski definition) is 4. The summed E-state index contributed by atoms with van der Waals surface area (Å²) >= 11 is 1.39. The van der Waals surface area contributed by atoms with Crippen LogP contribution < -0.4 is 10.5 Å². The molecule has 108 valence electrons. The highest BCUT2D eigenvalue weighted by atomic mass is 32.2. The second-order valence-corrected chi connectivity index (χ2v) is 8.41. The number of hydrogen-bond donors (Lipinski definition) is 2. The second-order valence-electron chi connectivity index (χ2n) is 5.65. The highest BCUT2D eigenvalue weighted by Gasteiger charge is 2.28. The standard InChI is InChI=1S/C13H22N2O2S2/c1-13(5-3-2-4-6-13)10-15-19(16,17)12-7-11(8-14)18-9-12/h7,9,15H,2-6,8,10,14H2,1H3. The Bertz CT molecular complexity index is 517. The third-order valence-electron chi connectivity index (χ3n) is 3.89. The van der Waals surface area contributed by atoms with Crippen LogP contribution in [0, 0.1) is 5.41 Å². The first kappa shape index (κ1) is 15.0. The van der Waals surface area contributed by atoms with Gasteiger partial charge in [-0.3, -0.25) is 0 Å². The molecule has 4 nitrogen and oxygen atoms in total. The molecule has 0 aliphatic heterocycles. The van der Waals surface area contributed by atoms with Gasteiger partial charge in [0.1, 0.15) is 0 Å². The molecule has 0 aromatic carbocycles. The minimum absolute atomic E-state index is 0.109. The first-order valence-electron chi connectivity index (χ1n) is 6.72. The van der Waals surface area contributed by atoms with E-state index in [9.17, 15) is 8.42 Å². The van der Waals surface area contributed by atoms with E-state index in [-0.39, 0.29) is 5.41 Å². The summed E-state index contributed by atoms with van der Waals surface area (Å²) in [4.78, 5) is 1.24. The number of sulfonamides is 1. The Morgan fingerprint density at radius 1 is 1.37 bits per heavy atom. The van der Waals surface area contributed by atoms with Crippen LogP contribution in [-0.2, 0) is 16.6 Å². The SMILES string of the molecule is CC1(CNS(=O)(=O)c2csc(CN)c2)CCCCC1. The van der Waals surface area contributed by atoms with Gasteiger partial charge in [0.2, 0.25) is 10.0 Å². The second kappa shape index (κ2) is 5.91. The van der Waals surface area contributed by atoms with E-state index in [0.717, 1.165) is 17.7 Å². The molecule has 0 radical (unpaired) electrons. The van der Waals surface area contributed by atoms with E-state index in [2.05, 4.69) is 11.6 Å². The molecule has 1 aromatic rings. The van der Waals surface area contributed by atoms with E-state index in [0.29, 0.717) is 18.0 Å². The van der Waals surface area contributed by atoms with Crippen molar-refractivity contribution >= 4 is 21.4 Å². The molecule has 6 heteroatoms. The smallest absolute Gasteiger partial charge is 0.241 e. The van der Waals surface area contributed by atoms with Crippen LogP contribution in [0.25, 0.3) is 0 Å². The Hall–Kier alpha value is -0.430. The largest absolute Gasteiger partial charge is 0.326 e. The zero-order chi connectivity index (χ0) is 13.9. The van der Waals surface area contributed by atoms with E-state index in [1.807, 2.05) is 0 Å². The van der Waals surface area contributed by atoms with Gasteiger partial charge in [-0.05, 0) is 24.3 Å². The molecule has 0 saturated heterocycles. The molecule has 1 fully saturated rings. The molecule has 0 spiro atoms. The van der Waals surface area contributed by atoms with Gasteiger partial charge in [-0.1, -0.05) is 26.2 Å². The van der Waals surface area contributed by atoms with Crippen molar-refractivity contribution in [1.82, 2.24) is 4.72 Å². The van der Waals surface area contributed by atoms with Crippen LogP contribution in [0.4, 0.5) is 0 Å². The summed E-state index contributed by atoms with van der Waals surface area (Å²) in [6.07, 6.45) is 5.88. The molecule has 3 N–H and O–H groups in total. The first-order chi connectivity index (χ1) is 8.95. The summed E-state index contributed by atoms with van der Waals surface area (Å²) in [6, 6.07) is 1.66. The molecule has 2 rings (SSSR count). The summed E-state index contributed by atoms with van der Waals surface area (Å²) in [5.41, 5.74) is 5.62. The molecule has 1 heterocycles. The van der Waals surface area contributed by atoms with Crippen LogP contribution in [0.1, 0.15) is 43.9 Å². The predicted molar refractivity (Wildman–Crippen MR) is 78.6 cm³/mol. The fraction of sp³-hybridized carbons (Fsp3) is 0.692. The molecule has 1 aromatic heterocycles. The lowest BCUT2D eigenvalue weighted by Crippen LogP contribution is -2.36. The Labute approximate surface area is 119 Å². The van der Waals surface area contributed by atoms with E-state index >= 15 is 0 Å². The zero-order valence-electron chi connectivity index (χ0n) is 11.3. The van der Waals surface area contributed by atoms with Gasteiger partial charge in [-0.15, -0.1) is 11.3 Å². The number of nitrogens with one attached hydrogen (secondary N) is 1. The maximum Gasteiger partial charge on any atom is 0.241 e. The van der Waals surface area contributed by atoms with Crippen molar-refractivity contribution in [3.05, 3.63) is 16.3 Å². The van der Waals surface area contributed by atoms with Crippen molar-refractivity contribution < 1.29 is 8.42 Å². The number of nitrogens with two attached hydrogens (primary N) is 1. The van der Waals surface area contributed by atoms with Crippen molar-refractivity contribution in [2.24, 2.45) is 11.1 Å². The Kier molecular flexibility index (Phi) is 4.66. The fourth-order valence-electron chi connectivity index (χ4n) is 2.54. The molecule has 0 atom stereocenters. The van der Waals surface area contributed by atoms with Crippen molar-refractivity contribution in [3.8, 4) is 0 Å². The molecule has 0 unspecified atom stereocenters. The van der Waals surface area contributed by atoms with E-state index in [1.54, 1.807) is 11.4 Å². The van der Waals surface area contributed by atoms with Crippen molar-refractivity contribution in [2.45, 2.75) is 50.5 Å². The third-order valence-corrected chi connectivity index (χ3v) is 6.38. The monoisotopic (exact) mass is 302 g/mol.